The molecule has 0 unspecified atom stereocenters. The number of ether oxygens (including phenoxy) is 3. The van der Waals surface area contributed by atoms with Crippen LogP contribution in [-0.4, -0.2) is 47.8 Å². The highest BCUT2D eigenvalue weighted by atomic mass is 16.5. The molecule has 0 bridgehead atoms. The summed E-state index contributed by atoms with van der Waals surface area (Å²) in [5.41, 5.74) is 2.60. The maximum absolute atomic E-state index is 8.68. The second-order valence-corrected chi connectivity index (χ2v) is 9.44. The molecule has 2 heterocycles. The standard InChI is InChI=1S/C27H34N4O4/c1-18(2)33-23-13-20(14-24(15-23)34-19(3)4)17-31-10-7-21(8-11-31)29-27-30-25-16-22(32-12-9-28)5-6-26(25)35-27/h5-6,13-16,18-19,21H,7-8,10-12,17H2,1-4H3,(H,29,30). The van der Waals surface area contributed by atoms with Crippen LogP contribution >= 0.6 is 0 Å². The Labute approximate surface area is 206 Å². The maximum atomic E-state index is 8.68. The number of rotatable bonds is 10. The van der Waals surface area contributed by atoms with Crippen molar-refractivity contribution >= 4 is 17.1 Å². The van der Waals surface area contributed by atoms with Gasteiger partial charge in [-0.1, -0.05) is 0 Å². The number of piperidine rings is 1. The normalized spacial score (nSPS) is 14.9. The van der Waals surface area contributed by atoms with E-state index in [1.807, 2.05) is 45.9 Å². The topological polar surface area (TPSA) is 92.8 Å². The minimum absolute atomic E-state index is 0.00808. The third-order valence-electron chi connectivity index (χ3n) is 5.67. The van der Waals surface area contributed by atoms with Crippen LogP contribution in [0.15, 0.2) is 40.8 Å². The van der Waals surface area contributed by atoms with Crippen molar-refractivity contribution in [1.29, 1.82) is 5.26 Å². The highest BCUT2D eigenvalue weighted by molar-refractivity contribution is 5.76. The Bertz CT molecular complexity index is 1130. The zero-order valence-electron chi connectivity index (χ0n) is 20.9. The highest BCUT2D eigenvalue weighted by Crippen LogP contribution is 2.28. The first-order chi connectivity index (χ1) is 16.9. The highest BCUT2D eigenvalue weighted by Gasteiger charge is 2.21. The van der Waals surface area contributed by atoms with Crippen molar-refractivity contribution in [2.45, 2.75) is 65.3 Å². The zero-order chi connectivity index (χ0) is 24.8. The van der Waals surface area contributed by atoms with Crippen LogP contribution in [0, 0.1) is 11.3 Å². The average molecular weight is 479 g/mol. The Morgan fingerprint density at radius 2 is 1.71 bits per heavy atom. The monoisotopic (exact) mass is 478 g/mol. The van der Waals surface area contributed by atoms with Crippen molar-refractivity contribution < 1.29 is 18.6 Å². The lowest BCUT2D eigenvalue weighted by molar-refractivity contribution is 0.207. The van der Waals surface area contributed by atoms with E-state index in [2.05, 4.69) is 27.3 Å². The Balaban J connectivity index is 1.34. The molecule has 0 saturated carbocycles. The summed E-state index contributed by atoms with van der Waals surface area (Å²) in [7, 11) is 0. The number of aromatic nitrogens is 1. The fraction of sp³-hybridized carbons (Fsp3) is 0.481. The molecule has 1 aliphatic heterocycles. The predicted octanol–water partition coefficient (Wildman–Crippen LogP) is 5.38. The summed E-state index contributed by atoms with van der Waals surface area (Å²) < 4.78 is 23.1. The lowest BCUT2D eigenvalue weighted by atomic mass is 10.0. The average Bonchev–Trinajstić information content (AvgIpc) is 3.19. The lowest BCUT2D eigenvalue weighted by Gasteiger charge is -2.32. The second-order valence-electron chi connectivity index (χ2n) is 9.44. The molecule has 8 heteroatoms. The van der Waals surface area contributed by atoms with Crippen molar-refractivity contribution in [2.24, 2.45) is 0 Å². The van der Waals surface area contributed by atoms with E-state index in [1.165, 1.54) is 5.56 Å². The van der Waals surface area contributed by atoms with Crippen molar-refractivity contribution in [3.63, 3.8) is 0 Å². The molecule has 4 rings (SSSR count). The number of nitrogens with one attached hydrogen (secondary N) is 1. The van der Waals surface area contributed by atoms with Crippen LogP contribution in [0.5, 0.6) is 17.2 Å². The van der Waals surface area contributed by atoms with Crippen LogP contribution in [0.25, 0.3) is 11.1 Å². The largest absolute Gasteiger partial charge is 0.491 e. The molecule has 35 heavy (non-hydrogen) atoms. The molecular formula is C27H34N4O4. The van der Waals surface area contributed by atoms with Crippen LogP contribution in [0.3, 0.4) is 0 Å². The molecule has 8 nitrogen and oxygen atoms in total. The van der Waals surface area contributed by atoms with Gasteiger partial charge in [-0.2, -0.15) is 10.2 Å². The van der Waals surface area contributed by atoms with Crippen LogP contribution in [-0.2, 0) is 6.54 Å². The van der Waals surface area contributed by atoms with E-state index in [0.29, 0.717) is 28.9 Å². The zero-order valence-corrected chi connectivity index (χ0v) is 20.9. The van der Waals surface area contributed by atoms with Gasteiger partial charge in [0.1, 0.15) is 28.8 Å². The van der Waals surface area contributed by atoms with Gasteiger partial charge in [-0.15, -0.1) is 0 Å². The number of nitriles is 1. The van der Waals surface area contributed by atoms with E-state index >= 15 is 0 Å². The third-order valence-corrected chi connectivity index (χ3v) is 5.67. The first-order valence-electron chi connectivity index (χ1n) is 12.2. The van der Waals surface area contributed by atoms with Gasteiger partial charge in [0.25, 0.3) is 6.01 Å². The number of likely N-dealkylation sites (tertiary alicyclic amines) is 1. The maximum Gasteiger partial charge on any atom is 0.295 e. The summed E-state index contributed by atoms with van der Waals surface area (Å²) in [6.07, 6.45) is 2.21. The molecular weight excluding hydrogens is 444 g/mol. The number of hydrogen-bond acceptors (Lipinski definition) is 8. The van der Waals surface area contributed by atoms with E-state index in [0.717, 1.165) is 44.0 Å². The number of fused-ring (bicyclic) bond motifs is 1. The van der Waals surface area contributed by atoms with Gasteiger partial charge >= 0.3 is 0 Å². The molecule has 0 radical (unpaired) electrons. The van der Waals surface area contributed by atoms with E-state index in [9.17, 15) is 0 Å². The Morgan fingerprint density at radius 1 is 1.03 bits per heavy atom. The number of oxazole rings is 1. The third kappa shape index (κ3) is 7.03. The molecule has 2 aromatic carbocycles. The van der Waals surface area contributed by atoms with Gasteiger partial charge in [0.05, 0.1) is 12.2 Å². The van der Waals surface area contributed by atoms with Crippen LogP contribution in [0.2, 0.25) is 0 Å². The molecule has 0 spiro atoms. The van der Waals surface area contributed by atoms with Gasteiger partial charge < -0.3 is 23.9 Å². The summed E-state index contributed by atoms with van der Waals surface area (Å²) in [6.45, 7) is 10.9. The predicted molar refractivity (Wildman–Crippen MR) is 135 cm³/mol. The van der Waals surface area contributed by atoms with E-state index in [1.54, 1.807) is 12.1 Å². The molecule has 1 N–H and O–H groups in total. The first kappa shape index (κ1) is 24.7. The Hall–Kier alpha value is -3.44. The molecule has 3 aromatic rings. The Kier molecular flexibility index (Phi) is 7.98. The quantitative estimate of drug-likeness (QED) is 0.415. The van der Waals surface area contributed by atoms with E-state index < -0.39 is 0 Å². The number of benzene rings is 2. The molecule has 0 amide bonds. The number of hydrogen-bond donors (Lipinski definition) is 1. The number of anilines is 1. The molecule has 0 atom stereocenters. The van der Waals surface area contributed by atoms with Crippen LogP contribution in [0.4, 0.5) is 6.01 Å². The number of nitrogens with zero attached hydrogens (tertiary/aromatic N) is 3. The second kappa shape index (κ2) is 11.3. The summed E-state index contributed by atoms with van der Waals surface area (Å²) in [6, 6.07) is 14.4. The summed E-state index contributed by atoms with van der Waals surface area (Å²) in [5.74, 6) is 2.31. The lowest BCUT2D eigenvalue weighted by Crippen LogP contribution is -2.38. The van der Waals surface area contributed by atoms with Gasteiger partial charge in [-0.05, 0) is 70.4 Å². The van der Waals surface area contributed by atoms with Gasteiger partial charge in [0.15, 0.2) is 12.2 Å². The van der Waals surface area contributed by atoms with Crippen molar-refractivity contribution in [3.8, 4) is 23.3 Å². The van der Waals surface area contributed by atoms with Crippen LogP contribution < -0.4 is 19.5 Å². The van der Waals surface area contributed by atoms with Gasteiger partial charge in [-0.3, -0.25) is 4.90 Å². The summed E-state index contributed by atoms with van der Waals surface area (Å²) >= 11 is 0. The minimum Gasteiger partial charge on any atom is -0.491 e. The van der Waals surface area contributed by atoms with Crippen molar-refractivity contribution in [3.05, 3.63) is 42.0 Å². The molecule has 1 saturated heterocycles. The fourth-order valence-corrected chi connectivity index (χ4v) is 4.24. The summed E-state index contributed by atoms with van der Waals surface area (Å²) in [5, 5.41) is 12.1. The Morgan fingerprint density at radius 3 is 2.34 bits per heavy atom. The van der Waals surface area contributed by atoms with Gasteiger partial charge in [-0.25, -0.2) is 0 Å². The first-order valence-corrected chi connectivity index (χ1v) is 12.2. The molecule has 0 aliphatic carbocycles. The van der Waals surface area contributed by atoms with Gasteiger partial charge in [0.2, 0.25) is 0 Å². The molecule has 186 valence electrons. The van der Waals surface area contributed by atoms with E-state index in [4.69, 9.17) is 23.9 Å². The molecule has 1 aromatic heterocycles. The van der Waals surface area contributed by atoms with Crippen molar-refractivity contribution in [1.82, 2.24) is 9.88 Å². The minimum atomic E-state index is 0.00808. The smallest absolute Gasteiger partial charge is 0.295 e. The summed E-state index contributed by atoms with van der Waals surface area (Å²) in [4.78, 5) is 7.00. The fourth-order valence-electron chi connectivity index (χ4n) is 4.24. The van der Waals surface area contributed by atoms with Crippen molar-refractivity contribution in [2.75, 3.05) is 25.0 Å². The van der Waals surface area contributed by atoms with E-state index in [-0.39, 0.29) is 18.8 Å². The molecule has 1 fully saturated rings. The van der Waals surface area contributed by atoms with Crippen LogP contribution in [0.1, 0.15) is 46.1 Å². The SMILES string of the molecule is CC(C)Oc1cc(CN2CCC(Nc3nc4cc(OCC#N)ccc4o3)CC2)cc(OC(C)C)c1. The molecule has 1 aliphatic rings. The van der Waals surface area contributed by atoms with Gasteiger partial charge in [0, 0.05) is 37.8 Å².